The lowest BCUT2D eigenvalue weighted by atomic mass is 9.95. The van der Waals surface area contributed by atoms with E-state index in [0.29, 0.717) is 16.1 Å². The molecule has 0 heterocycles. The summed E-state index contributed by atoms with van der Waals surface area (Å²) < 4.78 is 0. The predicted molar refractivity (Wildman–Crippen MR) is 83.5 cm³/mol. The van der Waals surface area contributed by atoms with Gasteiger partial charge in [-0.1, -0.05) is 60.1 Å². The fourth-order valence-corrected chi connectivity index (χ4v) is 3.50. The highest BCUT2D eigenvalue weighted by molar-refractivity contribution is 6.32. The smallest absolute Gasteiger partial charge is 0.106 e. The Balaban J connectivity index is 2.21. The first kappa shape index (κ1) is 12.8. The number of fused-ring (bicyclic) bond motifs is 1. The van der Waals surface area contributed by atoms with E-state index in [2.05, 4.69) is 0 Å². The van der Waals surface area contributed by atoms with E-state index in [0.717, 1.165) is 21.9 Å². The van der Waals surface area contributed by atoms with Crippen LogP contribution in [0.3, 0.4) is 0 Å². The van der Waals surface area contributed by atoms with Gasteiger partial charge in [-0.2, -0.15) is 0 Å². The Morgan fingerprint density at radius 2 is 1.38 bits per heavy atom. The maximum absolute atomic E-state index is 10.8. The van der Waals surface area contributed by atoms with E-state index in [1.54, 1.807) is 6.07 Å². The Morgan fingerprint density at radius 1 is 0.714 bits per heavy atom. The Morgan fingerprint density at radius 3 is 2.14 bits per heavy atom. The maximum Gasteiger partial charge on any atom is 0.106 e. The molecular weight excluding hydrogens is 284 g/mol. The first-order chi connectivity index (χ1) is 10.2. The number of aliphatic hydroxyl groups excluding tert-OH is 2. The van der Waals surface area contributed by atoms with E-state index in [1.807, 2.05) is 48.5 Å². The van der Waals surface area contributed by atoms with Crippen LogP contribution in [0.5, 0.6) is 0 Å². The average molecular weight is 297 g/mol. The van der Waals surface area contributed by atoms with Gasteiger partial charge in [-0.15, -0.1) is 0 Å². The van der Waals surface area contributed by atoms with Crippen molar-refractivity contribution in [2.45, 2.75) is 12.2 Å². The molecule has 2 nitrogen and oxygen atoms in total. The lowest BCUT2D eigenvalue weighted by Crippen LogP contribution is -2.04. The molecule has 3 aromatic carbocycles. The Bertz CT molecular complexity index is 857. The molecule has 1 aliphatic rings. The molecule has 104 valence electrons. The van der Waals surface area contributed by atoms with Gasteiger partial charge in [0, 0.05) is 10.6 Å². The van der Waals surface area contributed by atoms with E-state index in [1.165, 1.54) is 0 Å². The molecule has 0 aliphatic heterocycles. The van der Waals surface area contributed by atoms with E-state index < -0.39 is 12.2 Å². The van der Waals surface area contributed by atoms with Gasteiger partial charge in [0.1, 0.15) is 12.2 Å². The number of rotatable bonds is 0. The highest BCUT2D eigenvalue weighted by Gasteiger charge is 2.29. The van der Waals surface area contributed by atoms with E-state index >= 15 is 0 Å². The summed E-state index contributed by atoms with van der Waals surface area (Å²) in [5, 5.41) is 23.9. The normalized spacial score (nSPS) is 20.1. The number of halogens is 1. The van der Waals surface area contributed by atoms with Gasteiger partial charge in [0.15, 0.2) is 0 Å². The summed E-state index contributed by atoms with van der Waals surface area (Å²) in [4.78, 5) is 0. The van der Waals surface area contributed by atoms with Crippen LogP contribution in [-0.4, -0.2) is 10.2 Å². The number of hydrogen-bond donors (Lipinski definition) is 2. The number of benzene rings is 3. The lowest BCUT2D eigenvalue weighted by Gasteiger charge is -2.16. The van der Waals surface area contributed by atoms with Gasteiger partial charge in [0.25, 0.3) is 0 Å². The number of aliphatic hydroxyl groups is 2. The average Bonchev–Trinajstić information content (AvgIpc) is 2.61. The molecule has 1 aliphatic carbocycles. The third kappa shape index (κ3) is 1.74. The highest BCUT2D eigenvalue weighted by Crippen LogP contribution is 2.44. The largest absolute Gasteiger partial charge is 0.384 e. The molecule has 4 rings (SSSR count). The van der Waals surface area contributed by atoms with Crippen molar-refractivity contribution in [3.63, 3.8) is 0 Å². The Labute approximate surface area is 127 Å². The van der Waals surface area contributed by atoms with E-state index in [-0.39, 0.29) is 0 Å². The summed E-state index contributed by atoms with van der Waals surface area (Å²) in [6.45, 7) is 0. The van der Waals surface area contributed by atoms with Crippen LogP contribution in [0.4, 0.5) is 0 Å². The molecule has 21 heavy (non-hydrogen) atoms. The number of hydrogen-bond acceptors (Lipinski definition) is 2. The van der Waals surface area contributed by atoms with Crippen LogP contribution in [0.2, 0.25) is 5.02 Å². The van der Waals surface area contributed by atoms with Crippen molar-refractivity contribution in [1.29, 1.82) is 0 Å². The molecule has 3 heteroatoms. The minimum absolute atomic E-state index is 0.520. The highest BCUT2D eigenvalue weighted by atomic mass is 35.5. The summed E-state index contributed by atoms with van der Waals surface area (Å²) in [7, 11) is 0. The van der Waals surface area contributed by atoms with Crippen molar-refractivity contribution in [1.82, 2.24) is 0 Å². The topological polar surface area (TPSA) is 40.5 Å². The Hall–Kier alpha value is -1.87. The molecular formula is C18H13ClO2. The molecule has 0 bridgehead atoms. The van der Waals surface area contributed by atoms with Gasteiger partial charge >= 0.3 is 0 Å². The second-order valence-electron chi connectivity index (χ2n) is 5.34. The fraction of sp³-hybridized carbons (Fsp3) is 0.111. The fourth-order valence-electron chi connectivity index (χ4n) is 3.24. The minimum Gasteiger partial charge on any atom is -0.384 e. The van der Waals surface area contributed by atoms with Gasteiger partial charge in [0.2, 0.25) is 0 Å². The third-order valence-electron chi connectivity index (χ3n) is 4.22. The van der Waals surface area contributed by atoms with Crippen LogP contribution >= 0.6 is 11.6 Å². The van der Waals surface area contributed by atoms with Crippen LogP contribution in [-0.2, 0) is 0 Å². The Kier molecular flexibility index (Phi) is 2.79. The van der Waals surface area contributed by atoms with Crippen LogP contribution in [0.15, 0.2) is 54.6 Å². The van der Waals surface area contributed by atoms with Gasteiger partial charge in [-0.05, 0) is 33.5 Å². The monoisotopic (exact) mass is 296 g/mol. The van der Waals surface area contributed by atoms with E-state index in [4.69, 9.17) is 11.6 Å². The van der Waals surface area contributed by atoms with Gasteiger partial charge in [-0.3, -0.25) is 0 Å². The summed E-state index contributed by atoms with van der Waals surface area (Å²) in [6, 6.07) is 16.9. The summed E-state index contributed by atoms with van der Waals surface area (Å²) >= 11 is 6.35. The zero-order valence-corrected chi connectivity index (χ0v) is 11.9. The summed E-state index contributed by atoms with van der Waals surface area (Å²) in [6.07, 6.45) is -1.60. The van der Waals surface area contributed by atoms with Crippen LogP contribution in [0.25, 0.3) is 10.8 Å². The molecule has 0 radical (unpaired) electrons. The zero-order valence-electron chi connectivity index (χ0n) is 11.1. The molecule has 0 fully saturated rings. The molecule has 0 saturated heterocycles. The molecule has 0 saturated carbocycles. The van der Waals surface area contributed by atoms with E-state index in [9.17, 15) is 10.2 Å². The zero-order chi connectivity index (χ0) is 14.6. The van der Waals surface area contributed by atoms with Crippen LogP contribution < -0.4 is 0 Å². The molecule has 0 unspecified atom stereocenters. The van der Waals surface area contributed by atoms with Crippen molar-refractivity contribution < 1.29 is 10.2 Å². The third-order valence-corrected chi connectivity index (χ3v) is 4.55. The van der Waals surface area contributed by atoms with Crippen molar-refractivity contribution in [2.24, 2.45) is 0 Å². The second kappa shape index (κ2) is 4.57. The van der Waals surface area contributed by atoms with Crippen LogP contribution in [0.1, 0.15) is 34.5 Å². The summed E-state index contributed by atoms with van der Waals surface area (Å²) in [5.41, 5.74) is 2.89. The molecule has 0 amide bonds. The molecule has 2 N–H and O–H groups in total. The quantitative estimate of drug-likeness (QED) is 0.659. The first-order valence-corrected chi connectivity index (χ1v) is 7.22. The van der Waals surface area contributed by atoms with Crippen molar-refractivity contribution in [3.05, 3.63) is 81.9 Å². The van der Waals surface area contributed by atoms with Crippen molar-refractivity contribution in [2.75, 3.05) is 0 Å². The summed E-state index contributed by atoms with van der Waals surface area (Å²) in [5.74, 6) is 0. The lowest BCUT2D eigenvalue weighted by molar-refractivity contribution is 0.203. The maximum atomic E-state index is 10.8. The first-order valence-electron chi connectivity index (χ1n) is 6.84. The molecule has 0 aromatic heterocycles. The predicted octanol–water partition coefficient (Wildman–Crippen LogP) is 3.97. The minimum atomic E-state index is -0.837. The molecule has 0 spiro atoms. The van der Waals surface area contributed by atoms with Crippen molar-refractivity contribution >= 4 is 22.4 Å². The van der Waals surface area contributed by atoms with Gasteiger partial charge in [0.05, 0.1) is 0 Å². The van der Waals surface area contributed by atoms with Gasteiger partial charge in [-0.25, -0.2) is 0 Å². The SMILES string of the molecule is O[C@@H]1c2ccccc2[C@H](O)c2cccc3ccc(Cl)c1c23. The standard InChI is InChI=1S/C18H13ClO2/c19-14-9-8-10-4-3-7-13-15(10)16(14)18(21)12-6-2-1-5-11(12)17(13)20/h1-9,17-18,20-21H/t17-,18+/m0/s1. The second-order valence-corrected chi connectivity index (χ2v) is 5.75. The molecule has 3 aromatic rings. The van der Waals surface area contributed by atoms with Crippen LogP contribution in [0, 0.1) is 0 Å². The van der Waals surface area contributed by atoms with Gasteiger partial charge < -0.3 is 10.2 Å². The van der Waals surface area contributed by atoms with Crippen molar-refractivity contribution in [3.8, 4) is 0 Å². The molecule has 2 atom stereocenters.